The third-order valence-electron chi connectivity index (χ3n) is 3.13. The van der Waals surface area contributed by atoms with Gasteiger partial charge in [-0.3, -0.25) is 0 Å². The standard InChI is InChI=1S/2C9H21O2PS2.Zn/c2*1-4-5-6-7-10-12(13,14)11-8-9(2)3;/h2*9H,4-8H2,1-3H3,(H,13,14);/q;;+2/p-2. The van der Waals surface area contributed by atoms with E-state index < -0.39 is 11.4 Å². The van der Waals surface area contributed by atoms with Crippen LogP contribution in [0.25, 0.3) is 0 Å². The van der Waals surface area contributed by atoms with Crippen LogP contribution in [0.4, 0.5) is 0 Å². The molecular formula is C18H40O4P2S4Zn. The molecule has 2 unspecified atom stereocenters. The Balaban J connectivity index is -0.000000451. The van der Waals surface area contributed by atoms with Gasteiger partial charge in [0.1, 0.15) is 0 Å². The van der Waals surface area contributed by atoms with Crippen molar-refractivity contribution in [3.63, 3.8) is 0 Å². The van der Waals surface area contributed by atoms with E-state index in [2.05, 4.69) is 41.5 Å². The minimum Gasteiger partial charge on any atom is -0.691 e. The van der Waals surface area contributed by atoms with Crippen LogP contribution < -0.4 is 0 Å². The van der Waals surface area contributed by atoms with E-state index in [1.807, 2.05) is 0 Å². The van der Waals surface area contributed by atoms with Gasteiger partial charge in [-0.2, -0.15) is 0 Å². The van der Waals surface area contributed by atoms with Gasteiger partial charge in [-0.15, -0.1) is 0 Å². The molecule has 0 amide bonds. The molecule has 2 atom stereocenters. The van der Waals surface area contributed by atoms with Gasteiger partial charge in [-0.25, -0.2) is 0 Å². The smallest absolute Gasteiger partial charge is 0.691 e. The summed E-state index contributed by atoms with van der Waals surface area (Å²) in [7, 11) is 0. The first kappa shape index (κ1) is 36.0. The van der Waals surface area contributed by atoms with Gasteiger partial charge >= 0.3 is 19.5 Å². The van der Waals surface area contributed by atoms with Crippen molar-refractivity contribution >= 4 is 59.5 Å². The van der Waals surface area contributed by atoms with Crippen molar-refractivity contribution in [2.75, 3.05) is 26.4 Å². The van der Waals surface area contributed by atoms with E-state index in [4.69, 9.17) is 66.2 Å². The van der Waals surface area contributed by atoms with Crippen molar-refractivity contribution in [2.45, 2.75) is 80.1 Å². The maximum atomic E-state index is 5.40. The molecule has 0 heterocycles. The normalized spacial score (nSPS) is 15.2. The van der Waals surface area contributed by atoms with E-state index in [9.17, 15) is 0 Å². The summed E-state index contributed by atoms with van der Waals surface area (Å²) in [5.74, 6) is 0.916. The van der Waals surface area contributed by atoms with E-state index in [0.29, 0.717) is 38.3 Å². The monoisotopic (exact) mass is 574 g/mol. The average molecular weight is 576 g/mol. The quantitative estimate of drug-likeness (QED) is 0.0823. The summed E-state index contributed by atoms with van der Waals surface area (Å²) < 4.78 is 21.6. The summed E-state index contributed by atoms with van der Waals surface area (Å²) in [5, 5.41) is 0. The van der Waals surface area contributed by atoms with E-state index >= 15 is 0 Å². The summed E-state index contributed by atoms with van der Waals surface area (Å²) >= 11 is 20.4. The molecular weight excluding hydrogens is 536 g/mol. The Kier molecular flexibility index (Phi) is 27.7. The van der Waals surface area contributed by atoms with Gasteiger partial charge in [-0.1, -0.05) is 90.8 Å². The van der Waals surface area contributed by atoms with Gasteiger partial charge in [0.05, 0.1) is 37.8 Å². The van der Waals surface area contributed by atoms with Crippen LogP contribution in [0.5, 0.6) is 0 Å². The Morgan fingerprint density at radius 3 is 1.21 bits per heavy atom. The molecule has 29 heavy (non-hydrogen) atoms. The summed E-state index contributed by atoms with van der Waals surface area (Å²) in [6.45, 7) is 15.1. The second-order valence-corrected chi connectivity index (χ2v) is 17.3. The van der Waals surface area contributed by atoms with Gasteiger partial charge in [0.25, 0.3) is 0 Å². The third-order valence-corrected chi connectivity index (χ3v) is 7.58. The molecule has 0 saturated carbocycles. The fourth-order valence-corrected chi connectivity index (χ4v) is 5.05. The SMILES string of the molecule is CCCCCOP(=S)([S-])OCC(C)C.CCCCCOP(=S)([S-])OCC(C)C.[Zn+2]. The Morgan fingerprint density at radius 2 is 0.966 bits per heavy atom. The predicted molar refractivity (Wildman–Crippen MR) is 136 cm³/mol. The van der Waals surface area contributed by atoms with Crippen LogP contribution >= 0.6 is 11.4 Å². The first-order chi connectivity index (χ1) is 13.0. The summed E-state index contributed by atoms with van der Waals surface area (Å²) in [6.07, 6.45) is 6.73. The summed E-state index contributed by atoms with van der Waals surface area (Å²) in [6, 6.07) is 0. The van der Waals surface area contributed by atoms with E-state index in [-0.39, 0.29) is 19.5 Å². The van der Waals surface area contributed by atoms with Gasteiger partial charge in [0.2, 0.25) is 0 Å². The van der Waals surface area contributed by atoms with Crippen LogP contribution in [0.1, 0.15) is 80.1 Å². The number of unbranched alkanes of at least 4 members (excludes halogenated alkanes) is 4. The topological polar surface area (TPSA) is 36.9 Å². The molecule has 0 saturated heterocycles. The van der Waals surface area contributed by atoms with E-state index in [0.717, 1.165) is 25.7 Å². The van der Waals surface area contributed by atoms with Crippen LogP contribution in [0, 0.1) is 11.8 Å². The Hall–Kier alpha value is 2.46. The average Bonchev–Trinajstić information content (AvgIpc) is 2.60. The molecule has 0 aromatic heterocycles. The van der Waals surface area contributed by atoms with E-state index in [1.54, 1.807) is 0 Å². The van der Waals surface area contributed by atoms with Crippen LogP contribution in [-0.4, -0.2) is 26.4 Å². The van der Waals surface area contributed by atoms with Crippen molar-refractivity contribution in [1.82, 2.24) is 0 Å². The molecule has 172 valence electrons. The van der Waals surface area contributed by atoms with Crippen LogP contribution in [0.15, 0.2) is 0 Å². The maximum Gasteiger partial charge on any atom is 2.00 e. The molecule has 0 rings (SSSR count). The Labute approximate surface area is 214 Å². The summed E-state index contributed by atoms with van der Waals surface area (Å²) in [4.78, 5) is 0. The number of hydrogen-bond donors (Lipinski definition) is 0. The molecule has 0 aromatic rings. The molecule has 0 radical (unpaired) electrons. The van der Waals surface area contributed by atoms with Crippen molar-refractivity contribution in [3.05, 3.63) is 0 Å². The summed E-state index contributed by atoms with van der Waals surface area (Å²) in [5.41, 5.74) is -4.74. The zero-order chi connectivity index (χ0) is 22.1. The first-order valence-corrected chi connectivity index (χ1v) is 17.5. The molecule has 0 aliphatic heterocycles. The van der Waals surface area contributed by atoms with Crippen molar-refractivity contribution in [2.24, 2.45) is 11.8 Å². The predicted octanol–water partition coefficient (Wildman–Crippen LogP) is 7.27. The fraction of sp³-hybridized carbons (Fsp3) is 1.00. The molecule has 0 fully saturated rings. The third kappa shape index (κ3) is 30.5. The molecule has 0 N–H and O–H groups in total. The number of hydrogen-bond acceptors (Lipinski definition) is 8. The number of rotatable bonds is 16. The first-order valence-electron chi connectivity index (χ1n) is 10.2. The Bertz CT molecular complexity index is 418. The van der Waals surface area contributed by atoms with Crippen LogP contribution in [0.2, 0.25) is 0 Å². The minimum atomic E-state index is -2.37. The fourth-order valence-electron chi connectivity index (χ4n) is 1.61. The Morgan fingerprint density at radius 1 is 0.655 bits per heavy atom. The van der Waals surface area contributed by atoms with Crippen LogP contribution in [-0.2, 0) is 85.7 Å². The second kappa shape index (κ2) is 22.3. The second-order valence-electron chi connectivity index (χ2n) is 7.35. The molecule has 0 aliphatic rings. The molecule has 4 nitrogen and oxygen atoms in total. The molecule has 0 spiro atoms. The zero-order valence-corrected chi connectivity index (χ0v) is 27.1. The molecule has 0 aliphatic carbocycles. The van der Waals surface area contributed by atoms with Gasteiger partial charge in [-0.05, 0) is 24.7 Å². The van der Waals surface area contributed by atoms with Crippen LogP contribution in [0.3, 0.4) is 0 Å². The van der Waals surface area contributed by atoms with Gasteiger partial charge in [0.15, 0.2) is 0 Å². The van der Waals surface area contributed by atoms with Crippen molar-refractivity contribution < 1.29 is 37.6 Å². The largest absolute Gasteiger partial charge is 2.00 e. The minimum absolute atomic E-state index is 0. The van der Waals surface area contributed by atoms with E-state index in [1.165, 1.54) is 12.8 Å². The molecule has 0 bridgehead atoms. The molecule has 11 heteroatoms. The molecule has 0 aromatic carbocycles. The maximum absolute atomic E-state index is 5.40. The van der Waals surface area contributed by atoms with Crippen molar-refractivity contribution in [1.29, 1.82) is 0 Å². The zero-order valence-electron chi connectivity index (χ0n) is 19.1. The van der Waals surface area contributed by atoms with Gasteiger partial charge < -0.3 is 42.6 Å². The van der Waals surface area contributed by atoms with Gasteiger partial charge in [0, 0.05) is 0 Å². The van der Waals surface area contributed by atoms with Crippen molar-refractivity contribution in [3.8, 4) is 0 Å².